The van der Waals surface area contributed by atoms with Gasteiger partial charge in [-0.05, 0) is 6.08 Å². The predicted molar refractivity (Wildman–Crippen MR) is 41.2 cm³/mol. The maximum Gasteiger partial charge on any atom is 0.351 e. The van der Waals surface area contributed by atoms with Crippen molar-refractivity contribution >= 4 is 12.0 Å². The minimum absolute atomic E-state index is 0.328. The van der Waals surface area contributed by atoms with Gasteiger partial charge in [-0.3, -0.25) is 0 Å². The van der Waals surface area contributed by atoms with Gasteiger partial charge in [0.25, 0.3) is 0 Å². The molecule has 0 fully saturated rings. The zero-order valence-corrected chi connectivity index (χ0v) is 6.00. The van der Waals surface area contributed by atoms with Crippen molar-refractivity contribution < 1.29 is 9.90 Å². The Morgan fingerprint density at radius 3 is 2.75 bits per heavy atom. The maximum atomic E-state index is 10.5. The van der Waals surface area contributed by atoms with E-state index in [1.165, 1.54) is 6.20 Å². The molecule has 1 rings (SSSR count). The Labute approximate surface area is 66.7 Å². The first-order valence-electron chi connectivity index (χ1n) is 3.08. The molecule has 1 aromatic rings. The molecule has 0 radical (unpaired) electrons. The van der Waals surface area contributed by atoms with Gasteiger partial charge in [0, 0.05) is 6.20 Å². The van der Waals surface area contributed by atoms with Crippen LogP contribution >= 0.6 is 0 Å². The fourth-order valence-corrected chi connectivity index (χ4v) is 0.654. The minimum atomic E-state index is -1.22. The maximum absolute atomic E-state index is 10.5. The zero-order valence-electron chi connectivity index (χ0n) is 6.00. The van der Waals surface area contributed by atoms with E-state index in [1.54, 1.807) is 0 Å². The standard InChI is InChI=1S/C6H7N3O3/c7-4(5(10)11)1-3-2-8-6(12)9-3/h1-2H,7H2,(H,10,11)(H2,8,9,12). The summed E-state index contributed by atoms with van der Waals surface area (Å²) in [5.41, 5.74) is 4.68. The molecule has 1 heterocycles. The first-order valence-corrected chi connectivity index (χ1v) is 3.08. The number of hydrogen-bond acceptors (Lipinski definition) is 3. The van der Waals surface area contributed by atoms with E-state index in [-0.39, 0.29) is 5.70 Å². The average molecular weight is 169 g/mol. The number of nitrogens with two attached hydrogens (primary N) is 1. The third kappa shape index (κ3) is 1.75. The van der Waals surface area contributed by atoms with Crippen molar-refractivity contribution in [2.75, 3.05) is 0 Å². The topological polar surface area (TPSA) is 112 Å². The van der Waals surface area contributed by atoms with Crippen LogP contribution in [0.25, 0.3) is 6.08 Å². The van der Waals surface area contributed by atoms with Gasteiger partial charge in [0.05, 0.1) is 5.69 Å². The summed E-state index contributed by atoms with van der Waals surface area (Å²) in [6.45, 7) is 0. The highest BCUT2D eigenvalue weighted by molar-refractivity contribution is 5.90. The van der Waals surface area contributed by atoms with E-state index in [2.05, 4.69) is 9.97 Å². The highest BCUT2D eigenvalue weighted by atomic mass is 16.4. The van der Waals surface area contributed by atoms with E-state index < -0.39 is 11.7 Å². The summed E-state index contributed by atoms with van der Waals surface area (Å²) in [4.78, 5) is 25.4. The summed E-state index contributed by atoms with van der Waals surface area (Å²) in [6, 6.07) is 0. The van der Waals surface area contributed by atoms with E-state index in [9.17, 15) is 9.59 Å². The number of H-pyrrole nitrogens is 2. The zero-order chi connectivity index (χ0) is 9.14. The van der Waals surface area contributed by atoms with Crippen molar-refractivity contribution in [1.82, 2.24) is 9.97 Å². The van der Waals surface area contributed by atoms with Crippen molar-refractivity contribution in [2.24, 2.45) is 5.73 Å². The van der Waals surface area contributed by atoms with Gasteiger partial charge in [-0.15, -0.1) is 0 Å². The van der Waals surface area contributed by atoms with E-state index in [4.69, 9.17) is 10.8 Å². The molecule has 6 nitrogen and oxygen atoms in total. The average Bonchev–Trinajstić information content (AvgIpc) is 2.35. The van der Waals surface area contributed by atoms with Crippen molar-refractivity contribution in [1.29, 1.82) is 0 Å². The smallest absolute Gasteiger partial charge is 0.351 e. The Morgan fingerprint density at radius 1 is 1.67 bits per heavy atom. The molecule has 0 unspecified atom stereocenters. The summed E-state index contributed by atoms with van der Waals surface area (Å²) in [7, 11) is 0. The number of carboxylic acids is 1. The van der Waals surface area contributed by atoms with Crippen molar-refractivity contribution in [3.63, 3.8) is 0 Å². The molecule has 0 spiro atoms. The van der Waals surface area contributed by atoms with Gasteiger partial charge in [0.2, 0.25) is 0 Å². The van der Waals surface area contributed by atoms with Crippen LogP contribution in [0.1, 0.15) is 5.69 Å². The van der Waals surface area contributed by atoms with Crippen LogP contribution in [0.3, 0.4) is 0 Å². The first kappa shape index (κ1) is 8.12. The molecule has 0 aliphatic heterocycles. The number of imidazole rings is 1. The third-order valence-electron chi connectivity index (χ3n) is 1.17. The normalized spacial score (nSPS) is 11.5. The van der Waals surface area contributed by atoms with Gasteiger partial charge in [0.15, 0.2) is 0 Å². The monoisotopic (exact) mass is 169 g/mol. The SMILES string of the molecule is NC(=Cc1c[nH]c(=O)[nH]1)C(=O)O. The van der Waals surface area contributed by atoms with E-state index >= 15 is 0 Å². The fraction of sp³-hybridized carbons (Fsp3) is 0. The minimum Gasteiger partial charge on any atom is -0.477 e. The summed E-state index contributed by atoms with van der Waals surface area (Å²) in [6.07, 6.45) is 2.48. The lowest BCUT2D eigenvalue weighted by molar-refractivity contribution is -0.132. The molecule has 0 saturated heterocycles. The van der Waals surface area contributed by atoms with Crippen LogP contribution in [0.4, 0.5) is 0 Å². The summed E-state index contributed by atoms with van der Waals surface area (Å²) < 4.78 is 0. The van der Waals surface area contributed by atoms with Crippen LogP contribution in [0.15, 0.2) is 16.7 Å². The summed E-state index contributed by atoms with van der Waals surface area (Å²) in [5.74, 6) is -1.22. The Kier molecular flexibility index (Phi) is 2.00. The molecule has 0 saturated carbocycles. The number of rotatable bonds is 2. The molecule has 0 aromatic carbocycles. The number of aliphatic carboxylic acids is 1. The predicted octanol–water partition coefficient (Wildman–Crippen LogP) is -0.913. The van der Waals surface area contributed by atoms with Crippen molar-refractivity contribution in [3.8, 4) is 0 Å². The molecule has 1 aromatic heterocycles. The molecule has 0 atom stereocenters. The summed E-state index contributed by atoms with van der Waals surface area (Å²) in [5, 5.41) is 8.35. The van der Waals surface area contributed by atoms with Crippen LogP contribution in [0.5, 0.6) is 0 Å². The molecule has 0 aliphatic carbocycles. The fourth-order valence-electron chi connectivity index (χ4n) is 0.654. The third-order valence-corrected chi connectivity index (χ3v) is 1.17. The van der Waals surface area contributed by atoms with Gasteiger partial charge in [-0.25, -0.2) is 9.59 Å². The highest BCUT2D eigenvalue weighted by Gasteiger charge is 2.01. The second-order valence-corrected chi connectivity index (χ2v) is 2.10. The number of hydrogen-bond donors (Lipinski definition) is 4. The summed E-state index contributed by atoms with van der Waals surface area (Å²) >= 11 is 0. The largest absolute Gasteiger partial charge is 0.477 e. The van der Waals surface area contributed by atoms with Crippen molar-refractivity contribution in [2.45, 2.75) is 0 Å². The number of nitrogens with one attached hydrogen (secondary N) is 2. The second-order valence-electron chi connectivity index (χ2n) is 2.10. The van der Waals surface area contributed by atoms with Crippen molar-refractivity contribution in [3.05, 3.63) is 28.1 Å². The first-order chi connectivity index (χ1) is 5.59. The molecule has 0 bridgehead atoms. The van der Waals surface area contributed by atoms with Gasteiger partial charge in [-0.2, -0.15) is 0 Å². The van der Waals surface area contributed by atoms with Gasteiger partial charge in [-0.1, -0.05) is 0 Å². The molecule has 12 heavy (non-hydrogen) atoms. The molecule has 64 valence electrons. The lowest BCUT2D eigenvalue weighted by Crippen LogP contribution is -2.09. The van der Waals surface area contributed by atoms with E-state index in [0.717, 1.165) is 6.08 Å². The Balaban J connectivity index is 2.95. The lowest BCUT2D eigenvalue weighted by Gasteiger charge is -1.89. The van der Waals surface area contributed by atoms with Crippen LogP contribution < -0.4 is 11.4 Å². The molecule has 0 amide bonds. The second kappa shape index (κ2) is 2.95. The Hall–Kier alpha value is -1.98. The lowest BCUT2D eigenvalue weighted by atomic mass is 10.3. The van der Waals surface area contributed by atoms with Crippen LogP contribution in [0.2, 0.25) is 0 Å². The molecule has 6 heteroatoms. The van der Waals surface area contributed by atoms with Gasteiger partial charge in [0.1, 0.15) is 5.70 Å². The van der Waals surface area contributed by atoms with Crippen LogP contribution in [0, 0.1) is 0 Å². The Bertz CT molecular complexity index is 373. The number of carbonyl (C=O) groups is 1. The number of carboxylic acid groups (broad SMARTS) is 1. The number of aromatic amines is 2. The van der Waals surface area contributed by atoms with Crippen LogP contribution in [-0.4, -0.2) is 21.0 Å². The van der Waals surface area contributed by atoms with E-state index in [1.807, 2.05) is 0 Å². The van der Waals surface area contributed by atoms with Gasteiger partial charge < -0.3 is 20.8 Å². The van der Waals surface area contributed by atoms with Crippen LogP contribution in [-0.2, 0) is 4.79 Å². The number of aromatic nitrogens is 2. The Morgan fingerprint density at radius 2 is 2.33 bits per heavy atom. The molecular formula is C6H7N3O3. The highest BCUT2D eigenvalue weighted by Crippen LogP contribution is 1.95. The quantitative estimate of drug-likeness (QED) is 0.429. The molecule has 0 aliphatic rings. The van der Waals surface area contributed by atoms with Gasteiger partial charge >= 0.3 is 11.7 Å². The molecular weight excluding hydrogens is 162 g/mol. The van der Waals surface area contributed by atoms with E-state index in [0.29, 0.717) is 5.69 Å². The molecule has 5 N–H and O–H groups in total.